The number of H-pyrrole nitrogens is 1. The third kappa shape index (κ3) is 4.34. The van der Waals surface area contributed by atoms with E-state index in [1.54, 1.807) is 0 Å². The minimum Gasteiger partial charge on any atom is -0.361 e. The summed E-state index contributed by atoms with van der Waals surface area (Å²) in [5, 5.41) is 1.10. The number of piperazine rings is 1. The van der Waals surface area contributed by atoms with Crippen LogP contribution in [-0.4, -0.2) is 52.8 Å². The summed E-state index contributed by atoms with van der Waals surface area (Å²) in [6, 6.07) is 18.2. The Labute approximate surface area is 171 Å². The maximum atomic E-state index is 12.8. The second-order valence-corrected chi connectivity index (χ2v) is 7.81. The fourth-order valence-electron chi connectivity index (χ4n) is 4.05. The summed E-state index contributed by atoms with van der Waals surface area (Å²) < 4.78 is 0. The van der Waals surface area contributed by atoms with Crippen LogP contribution in [-0.2, 0) is 16.0 Å². The third-order valence-electron chi connectivity index (χ3n) is 5.85. The minimum atomic E-state index is 0.125. The van der Waals surface area contributed by atoms with E-state index >= 15 is 0 Å². The van der Waals surface area contributed by atoms with Crippen molar-refractivity contribution in [2.45, 2.75) is 25.7 Å². The largest absolute Gasteiger partial charge is 0.361 e. The first-order chi connectivity index (χ1) is 14.1. The summed E-state index contributed by atoms with van der Waals surface area (Å²) in [5.74, 6) is 0.495. The summed E-state index contributed by atoms with van der Waals surface area (Å²) in [6.07, 6.45) is 2.82. The van der Waals surface area contributed by atoms with E-state index in [-0.39, 0.29) is 17.7 Å². The molecule has 2 amide bonds. The van der Waals surface area contributed by atoms with Gasteiger partial charge in [-0.1, -0.05) is 55.5 Å². The van der Waals surface area contributed by atoms with Crippen LogP contribution in [0.5, 0.6) is 0 Å². The minimum absolute atomic E-state index is 0.125. The Bertz CT molecular complexity index is 988. The summed E-state index contributed by atoms with van der Waals surface area (Å²) in [4.78, 5) is 32.4. The average molecular weight is 389 g/mol. The molecule has 1 aromatic heterocycles. The van der Waals surface area contributed by atoms with Crippen molar-refractivity contribution in [2.75, 3.05) is 26.2 Å². The number of aromatic nitrogens is 1. The Morgan fingerprint density at radius 1 is 0.897 bits per heavy atom. The van der Waals surface area contributed by atoms with Gasteiger partial charge in [0.05, 0.1) is 6.42 Å². The summed E-state index contributed by atoms with van der Waals surface area (Å²) >= 11 is 0. The molecule has 150 valence electrons. The quantitative estimate of drug-likeness (QED) is 0.725. The lowest BCUT2D eigenvalue weighted by atomic mass is 9.97. The predicted octanol–water partition coefficient (Wildman–Crippen LogP) is 3.58. The van der Waals surface area contributed by atoms with Crippen molar-refractivity contribution >= 4 is 22.7 Å². The van der Waals surface area contributed by atoms with Crippen molar-refractivity contribution in [2.24, 2.45) is 0 Å². The number of carbonyl (C=O) groups excluding carboxylic acids is 2. The Hall–Kier alpha value is -3.08. The van der Waals surface area contributed by atoms with Gasteiger partial charge in [-0.2, -0.15) is 0 Å². The topological polar surface area (TPSA) is 56.4 Å². The molecule has 5 nitrogen and oxygen atoms in total. The molecule has 2 aromatic carbocycles. The third-order valence-corrected chi connectivity index (χ3v) is 5.85. The fraction of sp³-hybridized carbons (Fsp3) is 0.333. The molecule has 3 aromatic rings. The van der Waals surface area contributed by atoms with E-state index in [9.17, 15) is 9.59 Å². The molecule has 1 saturated heterocycles. The van der Waals surface area contributed by atoms with Crippen LogP contribution >= 0.6 is 0 Å². The van der Waals surface area contributed by atoms with Crippen molar-refractivity contribution in [3.8, 4) is 0 Å². The van der Waals surface area contributed by atoms with Gasteiger partial charge in [0.15, 0.2) is 0 Å². The summed E-state index contributed by atoms with van der Waals surface area (Å²) in [6.45, 7) is 4.52. The van der Waals surface area contributed by atoms with Gasteiger partial charge in [-0.3, -0.25) is 9.59 Å². The van der Waals surface area contributed by atoms with E-state index in [1.807, 2.05) is 58.5 Å². The van der Waals surface area contributed by atoms with Gasteiger partial charge in [0, 0.05) is 49.7 Å². The molecule has 0 aliphatic carbocycles. The second kappa shape index (κ2) is 8.52. The summed E-state index contributed by atoms with van der Waals surface area (Å²) in [7, 11) is 0. The predicted molar refractivity (Wildman–Crippen MR) is 115 cm³/mol. The van der Waals surface area contributed by atoms with E-state index in [1.165, 1.54) is 5.56 Å². The number of nitrogens with one attached hydrogen (secondary N) is 1. The molecule has 29 heavy (non-hydrogen) atoms. The molecule has 0 spiro atoms. The van der Waals surface area contributed by atoms with Crippen LogP contribution in [0.1, 0.15) is 30.4 Å². The first kappa shape index (κ1) is 19.2. The molecule has 1 atom stereocenters. The summed E-state index contributed by atoms with van der Waals surface area (Å²) in [5.41, 5.74) is 3.27. The zero-order valence-electron chi connectivity index (χ0n) is 16.8. The average Bonchev–Trinajstić information content (AvgIpc) is 3.17. The van der Waals surface area contributed by atoms with E-state index in [0.717, 1.165) is 16.5 Å². The number of para-hydroxylation sites is 1. The molecular formula is C24H27N3O2. The lowest BCUT2D eigenvalue weighted by Crippen LogP contribution is -2.51. The highest BCUT2D eigenvalue weighted by Crippen LogP contribution is 2.21. The number of nitrogens with zero attached hydrogens (tertiary/aromatic N) is 2. The number of hydrogen-bond donors (Lipinski definition) is 1. The van der Waals surface area contributed by atoms with Gasteiger partial charge in [-0.25, -0.2) is 0 Å². The SMILES string of the molecule is CC(CC(=O)N1CCN(C(=O)Cc2c[nH]c3ccccc23)CC1)c1ccccc1. The number of aromatic amines is 1. The van der Waals surface area contributed by atoms with Crippen LogP contribution < -0.4 is 0 Å². The van der Waals surface area contributed by atoms with Gasteiger partial charge in [0.25, 0.3) is 0 Å². The maximum Gasteiger partial charge on any atom is 0.227 e. The number of hydrogen-bond acceptors (Lipinski definition) is 2. The smallest absolute Gasteiger partial charge is 0.227 e. The van der Waals surface area contributed by atoms with Crippen molar-refractivity contribution in [1.82, 2.24) is 14.8 Å². The van der Waals surface area contributed by atoms with Gasteiger partial charge in [-0.05, 0) is 23.1 Å². The van der Waals surface area contributed by atoms with Crippen LogP contribution in [0, 0.1) is 0 Å². The maximum absolute atomic E-state index is 12.8. The molecule has 0 saturated carbocycles. The first-order valence-electron chi connectivity index (χ1n) is 10.3. The van der Waals surface area contributed by atoms with Crippen molar-refractivity contribution in [3.63, 3.8) is 0 Å². The van der Waals surface area contributed by atoms with Crippen LogP contribution in [0.3, 0.4) is 0 Å². The normalized spacial score (nSPS) is 15.5. The molecule has 1 fully saturated rings. The van der Waals surface area contributed by atoms with Crippen LogP contribution in [0.15, 0.2) is 60.8 Å². The number of amides is 2. The highest BCUT2D eigenvalue weighted by atomic mass is 16.2. The molecular weight excluding hydrogens is 362 g/mol. The molecule has 1 aliphatic heterocycles. The van der Waals surface area contributed by atoms with Crippen molar-refractivity contribution < 1.29 is 9.59 Å². The van der Waals surface area contributed by atoms with E-state index < -0.39 is 0 Å². The first-order valence-corrected chi connectivity index (χ1v) is 10.3. The molecule has 5 heteroatoms. The zero-order valence-corrected chi connectivity index (χ0v) is 16.8. The monoisotopic (exact) mass is 389 g/mol. The Balaban J connectivity index is 1.29. The van der Waals surface area contributed by atoms with Gasteiger partial charge in [0.1, 0.15) is 0 Å². The van der Waals surface area contributed by atoms with Crippen molar-refractivity contribution in [3.05, 3.63) is 71.9 Å². The van der Waals surface area contributed by atoms with E-state index in [0.29, 0.717) is 39.0 Å². The van der Waals surface area contributed by atoms with Crippen LogP contribution in [0.25, 0.3) is 10.9 Å². The number of carbonyl (C=O) groups is 2. The van der Waals surface area contributed by atoms with Crippen molar-refractivity contribution in [1.29, 1.82) is 0 Å². The molecule has 1 aliphatic rings. The van der Waals surface area contributed by atoms with Gasteiger partial charge in [-0.15, -0.1) is 0 Å². The van der Waals surface area contributed by atoms with E-state index in [2.05, 4.69) is 24.0 Å². The number of fused-ring (bicyclic) bond motifs is 1. The Morgan fingerprint density at radius 3 is 2.24 bits per heavy atom. The highest BCUT2D eigenvalue weighted by molar-refractivity contribution is 5.89. The molecule has 2 heterocycles. The second-order valence-electron chi connectivity index (χ2n) is 7.81. The van der Waals surface area contributed by atoms with Crippen LogP contribution in [0.4, 0.5) is 0 Å². The molecule has 0 bridgehead atoms. The Morgan fingerprint density at radius 2 is 1.52 bits per heavy atom. The number of rotatable bonds is 5. The standard InChI is InChI=1S/C24H27N3O2/c1-18(19-7-3-2-4-8-19)15-23(28)26-11-13-27(14-12-26)24(29)16-20-17-25-22-10-6-5-9-21(20)22/h2-10,17-18,25H,11-16H2,1H3. The van der Waals surface area contributed by atoms with Crippen LogP contribution in [0.2, 0.25) is 0 Å². The van der Waals surface area contributed by atoms with E-state index in [4.69, 9.17) is 0 Å². The fourth-order valence-corrected chi connectivity index (χ4v) is 4.05. The van der Waals surface area contributed by atoms with Gasteiger partial charge in [0.2, 0.25) is 11.8 Å². The molecule has 1 N–H and O–H groups in total. The zero-order chi connectivity index (χ0) is 20.2. The van der Waals surface area contributed by atoms with Gasteiger partial charge >= 0.3 is 0 Å². The molecule has 0 radical (unpaired) electrons. The highest BCUT2D eigenvalue weighted by Gasteiger charge is 2.25. The Kier molecular flexibility index (Phi) is 5.65. The lowest BCUT2D eigenvalue weighted by molar-refractivity contribution is -0.139. The lowest BCUT2D eigenvalue weighted by Gasteiger charge is -2.35. The number of benzene rings is 2. The molecule has 4 rings (SSSR count). The van der Waals surface area contributed by atoms with Gasteiger partial charge < -0.3 is 14.8 Å². The molecule has 1 unspecified atom stereocenters.